The van der Waals surface area contributed by atoms with Crippen LogP contribution < -0.4 is 26.4 Å². The molecule has 0 spiro atoms. The fraction of sp³-hybridized carbons (Fsp3) is 0.219. The lowest BCUT2D eigenvalue weighted by molar-refractivity contribution is -0.537. The van der Waals surface area contributed by atoms with E-state index in [4.69, 9.17) is 0 Å². The summed E-state index contributed by atoms with van der Waals surface area (Å²) >= 11 is 0. The molecule has 5 rings (SSSR count). The topological polar surface area (TPSA) is 7.12 Å². The largest absolute Gasteiger partial charge is 1.00 e. The number of nitrogens with zero attached hydrogens (tertiary/aromatic N) is 2. The Bertz CT molecular complexity index is 1540. The molecule has 1 heterocycles. The highest BCUT2D eigenvalue weighted by molar-refractivity contribution is 6.10. The molecule has 2 nitrogen and oxygen atoms in total. The van der Waals surface area contributed by atoms with Gasteiger partial charge >= 0.3 is 0 Å². The molecule has 3 heteroatoms. The number of aryl methyl sites for hydroxylation is 5. The van der Waals surface area contributed by atoms with Gasteiger partial charge in [-0.25, -0.2) is 0 Å². The van der Waals surface area contributed by atoms with Crippen LogP contribution in [0, 0.1) is 34.6 Å². The van der Waals surface area contributed by atoms with Crippen LogP contribution in [0.5, 0.6) is 0 Å². The summed E-state index contributed by atoms with van der Waals surface area (Å²) in [6, 6.07) is 26.9. The number of fused-ring (bicyclic) bond motifs is 2. The first-order valence-electron chi connectivity index (χ1n) is 12.0. The molecule has 0 N–H and O–H groups in total. The van der Waals surface area contributed by atoms with Gasteiger partial charge < -0.3 is 21.9 Å². The Hall–Kier alpha value is -3.17. The second kappa shape index (κ2) is 9.47. The normalized spacial score (nSPS) is 11.1. The van der Waals surface area contributed by atoms with E-state index >= 15 is 0 Å². The first-order valence-corrected chi connectivity index (χ1v) is 12.0. The first kappa shape index (κ1) is 24.9. The van der Waals surface area contributed by atoms with E-state index < -0.39 is 0 Å². The molecule has 178 valence electrons. The van der Waals surface area contributed by atoms with E-state index in [0.717, 1.165) is 0 Å². The predicted octanol–water partition coefficient (Wildman–Crippen LogP) is 4.55. The van der Waals surface area contributed by atoms with Gasteiger partial charge in [-0.05, 0) is 74.6 Å². The number of hydrogen-bond acceptors (Lipinski definition) is 1. The van der Waals surface area contributed by atoms with Crippen molar-refractivity contribution in [3.8, 4) is 16.8 Å². The van der Waals surface area contributed by atoms with E-state index in [-0.39, 0.29) is 17.0 Å². The maximum absolute atomic E-state index is 2.44. The van der Waals surface area contributed by atoms with Crippen molar-refractivity contribution in [1.82, 2.24) is 0 Å². The number of para-hydroxylation sites is 1. The van der Waals surface area contributed by atoms with Gasteiger partial charge in [-0.1, -0.05) is 42.0 Å². The van der Waals surface area contributed by atoms with Crippen molar-refractivity contribution in [2.24, 2.45) is 0 Å². The maximum Gasteiger partial charge on any atom is 0.220 e. The van der Waals surface area contributed by atoms with Crippen LogP contribution in [0.1, 0.15) is 27.8 Å². The molecule has 35 heavy (non-hydrogen) atoms. The fourth-order valence-electron chi connectivity index (χ4n) is 5.60. The van der Waals surface area contributed by atoms with E-state index in [2.05, 4.69) is 131 Å². The van der Waals surface area contributed by atoms with Crippen LogP contribution in [-0.4, -0.2) is 14.1 Å². The second-order valence-corrected chi connectivity index (χ2v) is 9.89. The van der Waals surface area contributed by atoms with E-state index in [1.54, 1.807) is 0 Å². The van der Waals surface area contributed by atoms with Crippen LogP contribution in [0.25, 0.3) is 38.6 Å². The van der Waals surface area contributed by atoms with Crippen LogP contribution in [0.2, 0.25) is 0 Å². The molecule has 5 aromatic rings. The van der Waals surface area contributed by atoms with Crippen molar-refractivity contribution in [3.05, 3.63) is 101 Å². The number of hydrogen-bond donors (Lipinski definition) is 0. The summed E-state index contributed by atoms with van der Waals surface area (Å²) < 4.78 is 2.44. The number of aromatic nitrogens is 1. The average Bonchev–Trinajstić information content (AvgIpc) is 2.78. The Morgan fingerprint density at radius 2 is 1.20 bits per heavy atom. The molecule has 0 bridgehead atoms. The molecule has 0 aliphatic rings. The molecule has 4 aromatic carbocycles. The number of benzene rings is 4. The van der Waals surface area contributed by atoms with E-state index in [1.165, 1.54) is 72.1 Å². The summed E-state index contributed by atoms with van der Waals surface area (Å²) in [5.41, 5.74) is 14.1. The smallest absolute Gasteiger partial charge is 0.220 e. The lowest BCUT2D eigenvalue weighted by Crippen LogP contribution is -3.00. The third-order valence-corrected chi connectivity index (χ3v) is 6.90. The number of pyridine rings is 1. The van der Waals surface area contributed by atoms with Crippen molar-refractivity contribution in [3.63, 3.8) is 0 Å². The number of halogens is 1. The van der Waals surface area contributed by atoms with Crippen molar-refractivity contribution >= 4 is 27.5 Å². The minimum absolute atomic E-state index is 0. The lowest BCUT2D eigenvalue weighted by Gasteiger charge is -2.20. The summed E-state index contributed by atoms with van der Waals surface area (Å²) in [5.74, 6) is 0. The molecular formula is C32H33BrN2. The molecule has 1 aromatic heterocycles. The molecule has 0 aliphatic heterocycles. The molecule has 0 aliphatic carbocycles. The van der Waals surface area contributed by atoms with Crippen LogP contribution in [0.15, 0.2) is 72.8 Å². The molecule has 0 saturated heterocycles. The Morgan fingerprint density at radius 1 is 0.600 bits per heavy atom. The zero-order chi connectivity index (χ0) is 24.1. The van der Waals surface area contributed by atoms with Crippen molar-refractivity contribution in [2.45, 2.75) is 34.6 Å². The summed E-state index contributed by atoms with van der Waals surface area (Å²) in [6.45, 7) is 11.2. The van der Waals surface area contributed by atoms with Crippen molar-refractivity contribution in [2.75, 3.05) is 19.0 Å². The van der Waals surface area contributed by atoms with Crippen molar-refractivity contribution in [1.29, 1.82) is 0 Å². The van der Waals surface area contributed by atoms with E-state index in [1.807, 2.05) is 0 Å². The molecular weight excluding hydrogens is 492 g/mol. The highest BCUT2D eigenvalue weighted by Gasteiger charge is 2.26. The fourth-order valence-corrected chi connectivity index (χ4v) is 5.60. The molecule has 0 atom stereocenters. The average molecular weight is 526 g/mol. The molecule has 0 unspecified atom stereocenters. The first-order chi connectivity index (χ1) is 16.3. The summed E-state index contributed by atoms with van der Waals surface area (Å²) in [4.78, 5) is 2.19. The molecule has 0 fully saturated rings. The maximum atomic E-state index is 2.44. The quantitative estimate of drug-likeness (QED) is 0.248. The van der Waals surface area contributed by atoms with E-state index in [9.17, 15) is 0 Å². The van der Waals surface area contributed by atoms with Gasteiger partial charge in [-0.3, -0.25) is 0 Å². The van der Waals surface area contributed by atoms with Gasteiger partial charge in [0.15, 0.2) is 0 Å². The minimum atomic E-state index is 0. The standard InChI is InChI=1S/C32H33N2.BrH/c1-20-15-22(3)30(23(4)16-20)32-27-19-26(33(6)7)13-14-28(27)34(25-11-9-8-10-12-25)29-18-21(2)17-24(5)31(29)32;/h8-19H,1-7H3;1H/q+1;/p-1. The highest BCUT2D eigenvalue weighted by Crippen LogP contribution is 2.41. The van der Waals surface area contributed by atoms with Gasteiger partial charge in [-0.2, -0.15) is 4.57 Å². The summed E-state index contributed by atoms with van der Waals surface area (Å²) in [7, 11) is 4.23. The Labute approximate surface area is 219 Å². The second-order valence-electron chi connectivity index (χ2n) is 9.89. The van der Waals surface area contributed by atoms with Gasteiger partial charge in [0, 0.05) is 49.6 Å². The molecule has 0 amide bonds. The van der Waals surface area contributed by atoms with Crippen LogP contribution in [0.4, 0.5) is 5.69 Å². The Morgan fingerprint density at radius 3 is 1.83 bits per heavy atom. The van der Waals surface area contributed by atoms with Crippen molar-refractivity contribution < 1.29 is 21.5 Å². The van der Waals surface area contributed by atoms with Gasteiger partial charge in [0.2, 0.25) is 16.7 Å². The van der Waals surface area contributed by atoms with Gasteiger partial charge in [0.1, 0.15) is 0 Å². The predicted molar refractivity (Wildman–Crippen MR) is 146 cm³/mol. The SMILES string of the molecule is Cc1cc(C)c(-c2c3cc(N(C)C)ccc3[n+](-c3ccccc3)c3cc(C)cc(C)c23)c(C)c1.[Br-]. The summed E-state index contributed by atoms with van der Waals surface area (Å²) in [5, 5.41) is 2.61. The summed E-state index contributed by atoms with van der Waals surface area (Å²) in [6.07, 6.45) is 0. The Kier molecular flexibility index (Phi) is 6.75. The number of rotatable bonds is 3. The third kappa shape index (κ3) is 4.23. The zero-order valence-electron chi connectivity index (χ0n) is 21.7. The minimum Gasteiger partial charge on any atom is -1.00 e. The van der Waals surface area contributed by atoms with Crippen LogP contribution in [0.3, 0.4) is 0 Å². The number of anilines is 1. The molecule has 0 radical (unpaired) electrons. The van der Waals surface area contributed by atoms with E-state index in [0.29, 0.717) is 0 Å². The molecule has 0 saturated carbocycles. The van der Waals surface area contributed by atoms with Gasteiger partial charge in [-0.15, -0.1) is 0 Å². The van der Waals surface area contributed by atoms with Crippen LogP contribution >= 0.6 is 0 Å². The Balaban J connectivity index is 0.00000289. The zero-order valence-corrected chi connectivity index (χ0v) is 23.3. The third-order valence-electron chi connectivity index (χ3n) is 6.90. The van der Waals surface area contributed by atoms with Gasteiger partial charge in [0.05, 0.1) is 10.8 Å². The van der Waals surface area contributed by atoms with Gasteiger partial charge in [0.25, 0.3) is 0 Å². The lowest BCUT2D eigenvalue weighted by atomic mass is 9.87. The van der Waals surface area contributed by atoms with Crippen LogP contribution in [-0.2, 0) is 0 Å². The highest BCUT2D eigenvalue weighted by atomic mass is 79.9. The monoisotopic (exact) mass is 524 g/mol.